The van der Waals surface area contributed by atoms with Crippen LogP contribution in [0.2, 0.25) is 0 Å². The van der Waals surface area contributed by atoms with Crippen molar-refractivity contribution in [2.75, 3.05) is 6.54 Å². The molecule has 0 aliphatic rings. The highest BCUT2D eigenvalue weighted by Crippen LogP contribution is 2.26. The molecule has 0 saturated heterocycles. The molecule has 20 heavy (non-hydrogen) atoms. The summed E-state index contributed by atoms with van der Waals surface area (Å²) in [5, 5.41) is 0. The average Bonchev–Trinajstić information content (AvgIpc) is 3.01. The number of rotatable bonds is 7. The minimum atomic E-state index is 0.0461. The molecule has 2 N–H and O–H groups in total. The molecule has 0 radical (unpaired) electrons. The van der Waals surface area contributed by atoms with Gasteiger partial charge in [0.05, 0.1) is 18.0 Å². The first-order valence-corrected chi connectivity index (χ1v) is 7.19. The van der Waals surface area contributed by atoms with Gasteiger partial charge in [-0.1, -0.05) is 19.9 Å². The molecule has 0 amide bonds. The topological polar surface area (TPSA) is 55.3 Å². The largest absolute Gasteiger partial charge is 0.468 e. The van der Waals surface area contributed by atoms with Crippen molar-refractivity contribution in [2.45, 2.75) is 38.9 Å². The maximum atomic E-state index is 6.32. The summed E-state index contributed by atoms with van der Waals surface area (Å²) in [6, 6.07) is 10.0. The van der Waals surface area contributed by atoms with Gasteiger partial charge in [-0.2, -0.15) is 0 Å². The fraction of sp³-hybridized carbons (Fsp3) is 0.438. The van der Waals surface area contributed by atoms with Crippen LogP contribution in [-0.4, -0.2) is 22.5 Å². The van der Waals surface area contributed by atoms with Gasteiger partial charge in [0.1, 0.15) is 5.76 Å². The summed E-state index contributed by atoms with van der Waals surface area (Å²) in [5.41, 5.74) is 7.37. The van der Waals surface area contributed by atoms with Gasteiger partial charge in [-0.15, -0.1) is 0 Å². The molecule has 2 rings (SSSR count). The number of nitrogens with two attached hydrogens (primary N) is 1. The third-order valence-corrected chi connectivity index (χ3v) is 3.60. The third kappa shape index (κ3) is 3.46. The van der Waals surface area contributed by atoms with Gasteiger partial charge in [-0.25, -0.2) is 0 Å². The summed E-state index contributed by atoms with van der Waals surface area (Å²) >= 11 is 0. The van der Waals surface area contributed by atoms with Crippen molar-refractivity contribution in [3.05, 3.63) is 54.2 Å². The van der Waals surface area contributed by atoms with Gasteiger partial charge in [0.2, 0.25) is 0 Å². The van der Waals surface area contributed by atoms with Crippen LogP contribution in [-0.2, 0) is 6.54 Å². The van der Waals surface area contributed by atoms with Gasteiger partial charge < -0.3 is 10.2 Å². The molecule has 4 nitrogen and oxygen atoms in total. The van der Waals surface area contributed by atoms with Crippen LogP contribution in [0.1, 0.15) is 37.8 Å². The van der Waals surface area contributed by atoms with Crippen LogP contribution in [0.4, 0.5) is 0 Å². The molecule has 2 heterocycles. The number of likely N-dealkylation sites (N-methyl/N-ethyl adjacent to an activating group) is 1. The van der Waals surface area contributed by atoms with Crippen LogP contribution in [0, 0.1) is 0 Å². The van der Waals surface area contributed by atoms with Crippen LogP contribution in [0.5, 0.6) is 0 Å². The Labute approximate surface area is 120 Å². The standard InChI is InChI=1S/C16H23N3O/c1-3-14(17)16(15-9-7-11-20-15)19(4-2)12-13-8-5-6-10-18-13/h5-11,14,16H,3-4,12,17H2,1-2H3. The van der Waals surface area contributed by atoms with E-state index < -0.39 is 0 Å². The molecule has 0 bridgehead atoms. The second kappa shape index (κ2) is 7.22. The Morgan fingerprint density at radius 1 is 1.25 bits per heavy atom. The minimum Gasteiger partial charge on any atom is -0.468 e. The van der Waals surface area contributed by atoms with Crippen molar-refractivity contribution in [2.24, 2.45) is 5.73 Å². The summed E-state index contributed by atoms with van der Waals surface area (Å²) in [6.07, 6.45) is 4.44. The van der Waals surface area contributed by atoms with E-state index in [9.17, 15) is 0 Å². The van der Waals surface area contributed by atoms with Crippen molar-refractivity contribution in [1.29, 1.82) is 0 Å². The summed E-state index contributed by atoms with van der Waals surface area (Å²) in [7, 11) is 0. The number of furan rings is 1. The number of hydrogen-bond acceptors (Lipinski definition) is 4. The molecular formula is C16H23N3O. The molecular weight excluding hydrogens is 250 g/mol. The van der Waals surface area contributed by atoms with E-state index in [4.69, 9.17) is 10.2 Å². The van der Waals surface area contributed by atoms with Crippen LogP contribution < -0.4 is 5.73 Å². The summed E-state index contributed by atoms with van der Waals surface area (Å²) in [5.74, 6) is 0.928. The van der Waals surface area contributed by atoms with Crippen LogP contribution in [0.15, 0.2) is 47.2 Å². The van der Waals surface area contributed by atoms with Crippen LogP contribution in [0.25, 0.3) is 0 Å². The smallest absolute Gasteiger partial charge is 0.122 e. The van der Waals surface area contributed by atoms with Gasteiger partial charge in [-0.3, -0.25) is 9.88 Å². The molecule has 0 aromatic carbocycles. The molecule has 2 atom stereocenters. The highest BCUT2D eigenvalue weighted by molar-refractivity contribution is 5.10. The molecule has 4 heteroatoms. The Kier molecular flexibility index (Phi) is 5.32. The first-order valence-electron chi connectivity index (χ1n) is 7.19. The normalized spacial score (nSPS) is 14.4. The maximum absolute atomic E-state index is 6.32. The Balaban J connectivity index is 2.21. The quantitative estimate of drug-likeness (QED) is 0.842. The fourth-order valence-corrected chi connectivity index (χ4v) is 2.45. The Morgan fingerprint density at radius 3 is 2.65 bits per heavy atom. The molecule has 0 saturated carbocycles. The lowest BCUT2D eigenvalue weighted by atomic mass is 10.0. The molecule has 0 aliphatic heterocycles. The Hall–Kier alpha value is -1.65. The zero-order valence-corrected chi connectivity index (χ0v) is 12.2. The molecule has 2 unspecified atom stereocenters. The first-order chi connectivity index (χ1) is 9.76. The van der Waals surface area contributed by atoms with Gasteiger partial charge >= 0.3 is 0 Å². The van der Waals surface area contributed by atoms with E-state index in [1.807, 2.05) is 36.5 Å². The van der Waals surface area contributed by atoms with Gasteiger partial charge in [0.15, 0.2) is 0 Å². The van der Waals surface area contributed by atoms with E-state index in [0.717, 1.165) is 31.0 Å². The van der Waals surface area contributed by atoms with E-state index in [1.54, 1.807) is 6.26 Å². The van der Waals surface area contributed by atoms with E-state index >= 15 is 0 Å². The highest BCUT2D eigenvalue weighted by Gasteiger charge is 2.27. The predicted molar refractivity (Wildman–Crippen MR) is 80.0 cm³/mol. The molecule has 0 spiro atoms. The van der Waals surface area contributed by atoms with Gasteiger partial charge in [0, 0.05) is 18.8 Å². The molecule has 0 aliphatic carbocycles. The third-order valence-electron chi connectivity index (χ3n) is 3.60. The summed E-state index contributed by atoms with van der Waals surface area (Å²) in [4.78, 5) is 6.72. The van der Waals surface area contributed by atoms with Crippen LogP contribution in [0.3, 0.4) is 0 Å². The monoisotopic (exact) mass is 273 g/mol. The second-order valence-electron chi connectivity index (χ2n) is 4.92. The lowest BCUT2D eigenvalue weighted by molar-refractivity contribution is 0.146. The fourth-order valence-electron chi connectivity index (χ4n) is 2.45. The Bertz CT molecular complexity index is 484. The van der Waals surface area contributed by atoms with E-state index in [0.29, 0.717) is 0 Å². The van der Waals surface area contributed by atoms with E-state index in [-0.39, 0.29) is 12.1 Å². The molecule has 0 fully saturated rings. The lowest BCUT2D eigenvalue weighted by Gasteiger charge is -2.32. The average molecular weight is 273 g/mol. The molecule has 108 valence electrons. The van der Waals surface area contributed by atoms with Crippen molar-refractivity contribution in [1.82, 2.24) is 9.88 Å². The predicted octanol–water partition coefficient (Wildman–Crippen LogP) is 2.98. The minimum absolute atomic E-state index is 0.0461. The number of nitrogens with zero attached hydrogens (tertiary/aromatic N) is 2. The second-order valence-corrected chi connectivity index (χ2v) is 4.92. The first kappa shape index (κ1) is 14.8. The van der Waals surface area contributed by atoms with Gasteiger partial charge in [-0.05, 0) is 37.2 Å². The van der Waals surface area contributed by atoms with Gasteiger partial charge in [0.25, 0.3) is 0 Å². The SMILES string of the molecule is CCC(N)C(c1ccco1)N(CC)Cc1ccccn1. The number of hydrogen-bond donors (Lipinski definition) is 1. The van der Waals surface area contributed by atoms with Crippen molar-refractivity contribution < 1.29 is 4.42 Å². The summed E-state index contributed by atoms with van der Waals surface area (Å²) in [6.45, 7) is 5.92. The highest BCUT2D eigenvalue weighted by atomic mass is 16.3. The maximum Gasteiger partial charge on any atom is 0.122 e. The zero-order chi connectivity index (χ0) is 14.4. The van der Waals surface area contributed by atoms with E-state index in [2.05, 4.69) is 23.7 Å². The Morgan fingerprint density at radius 2 is 2.10 bits per heavy atom. The van der Waals surface area contributed by atoms with Crippen molar-refractivity contribution in [3.8, 4) is 0 Å². The summed E-state index contributed by atoms with van der Waals surface area (Å²) < 4.78 is 5.60. The number of pyridine rings is 1. The molecule has 2 aromatic heterocycles. The van der Waals surface area contributed by atoms with Crippen molar-refractivity contribution in [3.63, 3.8) is 0 Å². The zero-order valence-electron chi connectivity index (χ0n) is 12.2. The van der Waals surface area contributed by atoms with E-state index in [1.165, 1.54) is 0 Å². The lowest BCUT2D eigenvalue weighted by Crippen LogP contribution is -2.40. The molecule has 2 aromatic rings. The number of aromatic nitrogens is 1. The van der Waals surface area contributed by atoms with Crippen LogP contribution >= 0.6 is 0 Å². The van der Waals surface area contributed by atoms with Crippen molar-refractivity contribution >= 4 is 0 Å².